The van der Waals surface area contributed by atoms with Crippen molar-refractivity contribution in [3.63, 3.8) is 0 Å². The van der Waals surface area contributed by atoms with Gasteiger partial charge in [0.15, 0.2) is 0 Å². The van der Waals surface area contributed by atoms with E-state index in [-0.39, 0.29) is 30.6 Å². The van der Waals surface area contributed by atoms with E-state index in [1.54, 1.807) is 17.1 Å². The van der Waals surface area contributed by atoms with Crippen LogP contribution < -0.4 is 0 Å². The standard InChI is InChI=1S/C19H22N2O3/c1-3-12-20(13-4-2)19(24)16(14-15-8-6-5-7-9-15)21-17(22)10-11-18(21)23/h3-9,16H,1-2,10-14H2/t16-/m0/s1. The molecule has 0 unspecified atom stereocenters. The topological polar surface area (TPSA) is 57.7 Å². The predicted octanol–water partition coefficient (Wildman–Crippen LogP) is 1.95. The van der Waals surface area contributed by atoms with Crippen molar-refractivity contribution in [2.75, 3.05) is 13.1 Å². The summed E-state index contributed by atoms with van der Waals surface area (Å²) in [5.41, 5.74) is 0.903. The molecule has 0 aromatic heterocycles. The van der Waals surface area contributed by atoms with Gasteiger partial charge in [0.1, 0.15) is 6.04 Å². The third-order valence-electron chi connectivity index (χ3n) is 3.97. The highest BCUT2D eigenvalue weighted by atomic mass is 16.2. The predicted molar refractivity (Wildman–Crippen MR) is 92.0 cm³/mol. The van der Waals surface area contributed by atoms with E-state index in [0.717, 1.165) is 10.5 Å². The van der Waals surface area contributed by atoms with Crippen molar-refractivity contribution in [1.82, 2.24) is 9.80 Å². The molecule has 1 saturated heterocycles. The number of likely N-dealkylation sites (tertiary alicyclic amines) is 1. The molecular weight excluding hydrogens is 304 g/mol. The lowest BCUT2D eigenvalue weighted by Gasteiger charge is -2.30. The number of amides is 3. The van der Waals surface area contributed by atoms with Crippen LogP contribution in [-0.4, -0.2) is 46.7 Å². The minimum atomic E-state index is -0.824. The Kier molecular flexibility index (Phi) is 6.07. The SMILES string of the molecule is C=CCN(CC=C)C(=O)[C@H](Cc1ccccc1)N1C(=O)CCC1=O. The van der Waals surface area contributed by atoms with Gasteiger partial charge in [-0.2, -0.15) is 0 Å². The Bertz CT molecular complexity index is 613. The normalized spacial score (nSPS) is 15.2. The number of nitrogens with zero attached hydrogens (tertiary/aromatic N) is 2. The molecule has 1 aromatic rings. The Hall–Kier alpha value is -2.69. The van der Waals surface area contributed by atoms with Crippen molar-refractivity contribution < 1.29 is 14.4 Å². The minimum absolute atomic E-state index is 0.167. The fourth-order valence-electron chi connectivity index (χ4n) is 2.84. The molecule has 5 heteroatoms. The van der Waals surface area contributed by atoms with E-state index in [4.69, 9.17) is 0 Å². The van der Waals surface area contributed by atoms with Gasteiger partial charge in [0.25, 0.3) is 0 Å². The molecule has 0 aliphatic carbocycles. The lowest BCUT2D eigenvalue weighted by Crippen LogP contribution is -2.52. The van der Waals surface area contributed by atoms with Crippen molar-refractivity contribution in [2.45, 2.75) is 25.3 Å². The zero-order chi connectivity index (χ0) is 17.5. The van der Waals surface area contributed by atoms with Gasteiger partial charge in [-0.05, 0) is 5.56 Å². The van der Waals surface area contributed by atoms with Crippen molar-refractivity contribution in [3.05, 3.63) is 61.2 Å². The molecule has 1 aliphatic rings. The summed E-state index contributed by atoms with van der Waals surface area (Å²) in [6, 6.07) is 8.57. The van der Waals surface area contributed by atoms with Crippen LogP contribution in [0.15, 0.2) is 55.6 Å². The van der Waals surface area contributed by atoms with E-state index in [1.807, 2.05) is 30.3 Å². The molecular formula is C19H22N2O3. The quantitative estimate of drug-likeness (QED) is 0.542. The summed E-state index contributed by atoms with van der Waals surface area (Å²) in [5.74, 6) is -0.833. The van der Waals surface area contributed by atoms with E-state index in [1.165, 1.54) is 0 Å². The maximum absolute atomic E-state index is 13.0. The second kappa shape index (κ2) is 8.24. The van der Waals surface area contributed by atoms with Crippen LogP contribution in [0.2, 0.25) is 0 Å². The van der Waals surface area contributed by atoms with E-state index in [0.29, 0.717) is 19.5 Å². The number of hydrogen-bond donors (Lipinski definition) is 0. The maximum Gasteiger partial charge on any atom is 0.246 e. The second-order valence-electron chi connectivity index (χ2n) is 5.68. The van der Waals surface area contributed by atoms with Gasteiger partial charge in [0, 0.05) is 32.4 Å². The fraction of sp³-hybridized carbons (Fsp3) is 0.316. The van der Waals surface area contributed by atoms with Crippen LogP contribution in [0.3, 0.4) is 0 Å². The lowest BCUT2D eigenvalue weighted by atomic mass is 10.0. The molecule has 5 nitrogen and oxygen atoms in total. The van der Waals surface area contributed by atoms with Crippen molar-refractivity contribution in [1.29, 1.82) is 0 Å². The number of rotatable bonds is 8. The van der Waals surface area contributed by atoms with E-state index in [2.05, 4.69) is 13.2 Å². The Morgan fingerprint density at radius 3 is 2.12 bits per heavy atom. The highest BCUT2D eigenvalue weighted by Gasteiger charge is 2.40. The smallest absolute Gasteiger partial charge is 0.246 e. The van der Waals surface area contributed by atoms with Gasteiger partial charge in [-0.3, -0.25) is 19.3 Å². The van der Waals surface area contributed by atoms with Gasteiger partial charge in [-0.1, -0.05) is 42.5 Å². The largest absolute Gasteiger partial charge is 0.333 e. The van der Waals surface area contributed by atoms with Crippen molar-refractivity contribution in [3.8, 4) is 0 Å². The molecule has 0 saturated carbocycles. The number of carbonyl (C=O) groups is 3. The highest BCUT2D eigenvalue weighted by Crippen LogP contribution is 2.20. The molecule has 3 amide bonds. The summed E-state index contributed by atoms with van der Waals surface area (Å²) in [5, 5.41) is 0. The maximum atomic E-state index is 13.0. The third kappa shape index (κ3) is 3.98. The first-order valence-corrected chi connectivity index (χ1v) is 7.98. The molecule has 1 aliphatic heterocycles. The lowest BCUT2D eigenvalue weighted by molar-refractivity contribution is -0.150. The number of imide groups is 1. The minimum Gasteiger partial charge on any atom is -0.333 e. The molecule has 0 spiro atoms. The number of benzene rings is 1. The Balaban J connectivity index is 2.32. The molecule has 1 aromatic carbocycles. The van der Waals surface area contributed by atoms with E-state index < -0.39 is 6.04 Å². The van der Waals surface area contributed by atoms with Crippen LogP contribution in [0.4, 0.5) is 0 Å². The zero-order valence-corrected chi connectivity index (χ0v) is 13.7. The van der Waals surface area contributed by atoms with Crippen LogP contribution in [0.5, 0.6) is 0 Å². The van der Waals surface area contributed by atoms with Crippen LogP contribution >= 0.6 is 0 Å². The van der Waals surface area contributed by atoms with Crippen molar-refractivity contribution in [2.24, 2.45) is 0 Å². The van der Waals surface area contributed by atoms with Gasteiger partial charge < -0.3 is 4.90 Å². The van der Waals surface area contributed by atoms with Gasteiger partial charge in [0.2, 0.25) is 17.7 Å². The van der Waals surface area contributed by atoms with Crippen LogP contribution in [0.1, 0.15) is 18.4 Å². The first kappa shape index (κ1) is 17.7. The first-order valence-electron chi connectivity index (χ1n) is 7.98. The fourth-order valence-corrected chi connectivity index (χ4v) is 2.84. The summed E-state index contributed by atoms with van der Waals surface area (Å²) in [4.78, 5) is 40.0. The molecule has 0 radical (unpaired) electrons. The number of carbonyl (C=O) groups excluding carboxylic acids is 3. The molecule has 2 rings (SSSR count). The van der Waals surface area contributed by atoms with Gasteiger partial charge in [-0.25, -0.2) is 0 Å². The molecule has 1 fully saturated rings. The highest BCUT2D eigenvalue weighted by molar-refractivity contribution is 6.05. The monoisotopic (exact) mass is 326 g/mol. The summed E-state index contributed by atoms with van der Waals surface area (Å²) >= 11 is 0. The summed E-state index contributed by atoms with van der Waals surface area (Å²) in [7, 11) is 0. The van der Waals surface area contributed by atoms with Gasteiger partial charge in [0.05, 0.1) is 0 Å². The Morgan fingerprint density at radius 2 is 1.62 bits per heavy atom. The average Bonchev–Trinajstić information content (AvgIpc) is 2.91. The van der Waals surface area contributed by atoms with E-state index in [9.17, 15) is 14.4 Å². The van der Waals surface area contributed by atoms with Gasteiger partial charge >= 0.3 is 0 Å². The first-order chi connectivity index (χ1) is 11.6. The zero-order valence-electron chi connectivity index (χ0n) is 13.7. The Labute approximate surface area is 142 Å². The van der Waals surface area contributed by atoms with Crippen molar-refractivity contribution >= 4 is 17.7 Å². The van der Waals surface area contributed by atoms with Crippen LogP contribution in [-0.2, 0) is 20.8 Å². The summed E-state index contributed by atoms with van der Waals surface area (Å²) < 4.78 is 0. The molecule has 1 atom stereocenters. The molecule has 1 heterocycles. The van der Waals surface area contributed by atoms with Crippen LogP contribution in [0.25, 0.3) is 0 Å². The molecule has 126 valence electrons. The summed E-state index contributed by atoms with van der Waals surface area (Å²) in [6.45, 7) is 8.00. The molecule has 0 N–H and O–H groups in total. The molecule has 0 bridgehead atoms. The van der Waals surface area contributed by atoms with Crippen LogP contribution in [0, 0.1) is 0 Å². The average molecular weight is 326 g/mol. The van der Waals surface area contributed by atoms with E-state index >= 15 is 0 Å². The second-order valence-corrected chi connectivity index (χ2v) is 5.68. The number of hydrogen-bond acceptors (Lipinski definition) is 3. The third-order valence-corrected chi connectivity index (χ3v) is 3.97. The Morgan fingerprint density at radius 1 is 1.08 bits per heavy atom. The van der Waals surface area contributed by atoms with Gasteiger partial charge in [-0.15, -0.1) is 13.2 Å². The molecule has 24 heavy (non-hydrogen) atoms. The summed E-state index contributed by atoms with van der Waals surface area (Å²) in [6.07, 6.45) is 3.88.